The van der Waals surface area contributed by atoms with E-state index in [0.717, 1.165) is 17.1 Å². The maximum atomic E-state index is 4.40. The van der Waals surface area contributed by atoms with Crippen molar-refractivity contribution >= 4 is 99.6 Å². The average molecular weight is 1200 g/mol. The van der Waals surface area contributed by atoms with E-state index in [9.17, 15) is 0 Å². The molecule has 0 bridgehead atoms. The van der Waals surface area contributed by atoms with Gasteiger partial charge in [0, 0.05) is 63.2 Å². The van der Waals surface area contributed by atoms with Gasteiger partial charge in [-0.2, -0.15) is 0 Å². The summed E-state index contributed by atoms with van der Waals surface area (Å²) in [6.07, 6.45) is 0. The number of hydrogen-bond acceptors (Lipinski definition) is 3. The SMILES string of the molecule is CC(C)(C)c1ccc2c(c1)c1cc(C(C)(C)C)ccc1n2-c1ccc2c(c1-c1c(-c3ccccc3)cccc1-c1ccccc1)Nc1cc(-c3ccccc3)cc3c1B2c1ccc2sc4ccc(-c5cc(-c6ccccc6)cc(-c6ccccc6)c5)cc4c2c1S3. The van der Waals surface area contributed by atoms with Crippen LogP contribution in [0.25, 0.3) is 126 Å². The maximum Gasteiger partial charge on any atom is 0.249 e. The van der Waals surface area contributed by atoms with E-state index in [-0.39, 0.29) is 17.5 Å². The Kier molecular flexibility index (Phi) is 13.0. The van der Waals surface area contributed by atoms with Crippen molar-refractivity contribution in [2.45, 2.75) is 62.2 Å². The van der Waals surface area contributed by atoms with Gasteiger partial charge in [0.25, 0.3) is 0 Å². The van der Waals surface area contributed by atoms with Crippen LogP contribution < -0.4 is 21.7 Å². The molecule has 0 atom stereocenters. The minimum Gasteiger partial charge on any atom is -0.356 e. The van der Waals surface area contributed by atoms with Gasteiger partial charge in [-0.3, -0.25) is 0 Å². The molecule has 0 aliphatic carbocycles. The number of rotatable bonds is 8. The molecular weight excluding hydrogens is 1140 g/mol. The molecule has 4 heterocycles. The molecule has 0 amide bonds. The van der Waals surface area contributed by atoms with E-state index in [4.69, 9.17) is 0 Å². The lowest BCUT2D eigenvalue weighted by Crippen LogP contribution is -2.58. The van der Waals surface area contributed by atoms with Crippen LogP contribution in [0.3, 0.4) is 0 Å². The van der Waals surface area contributed by atoms with E-state index in [1.807, 2.05) is 23.1 Å². The van der Waals surface area contributed by atoms with E-state index in [1.54, 1.807) is 0 Å². The first kappa shape index (κ1) is 55.2. The van der Waals surface area contributed by atoms with Crippen molar-refractivity contribution in [3.8, 4) is 83.6 Å². The minimum atomic E-state index is -0.0976. The smallest absolute Gasteiger partial charge is 0.249 e. The van der Waals surface area contributed by atoms with Crippen molar-refractivity contribution in [1.82, 2.24) is 4.57 Å². The van der Waals surface area contributed by atoms with Crippen molar-refractivity contribution < 1.29 is 0 Å². The van der Waals surface area contributed by atoms with Crippen LogP contribution in [-0.4, -0.2) is 11.3 Å². The van der Waals surface area contributed by atoms with Gasteiger partial charge in [0.2, 0.25) is 6.71 Å². The summed E-state index contributed by atoms with van der Waals surface area (Å²) in [7, 11) is 0. The Morgan fingerprint density at radius 2 is 0.846 bits per heavy atom. The van der Waals surface area contributed by atoms with Gasteiger partial charge in [0.05, 0.1) is 16.7 Å². The molecule has 0 fully saturated rings. The lowest BCUT2D eigenvalue weighted by molar-refractivity contribution is 0.590. The Bertz CT molecular complexity index is 5220. The largest absolute Gasteiger partial charge is 0.356 e. The Hall–Kier alpha value is -9.91. The number of nitrogens with zero attached hydrogens (tertiary/aromatic N) is 1. The van der Waals surface area contributed by atoms with Gasteiger partial charge in [-0.25, -0.2) is 0 Å². The predicted octanol–water partition coefficient (Wildman–Crippen LogP) is 22.5. The Morgan fingerprint density at radius 3 is 1.37 bits per heavy atom. The van der Waals surface area contributed by atoms with Crippen LogP contribution in [-0.2, 0) is 10.8 Å². The van der Waals surface area contributed by atoms with E-state index in [2.05, 4.69) is 330 Å². The van der Waals surface area contributed by atoms with Crippen LogP contribution in [0, 0.1) is 0 Å². The molecule has 91 heavy (non-hydrogen) atoms. The number of nitrogens with one attached hydrogen (secondary N) is 1. The number of fused-ring (bicyclic) bond motifs is 11. The lowest BCUT2D eigenvalue weighted by atomic mass is 9.34. The fraction of sp³-hybridized carbons (Fsp3) is 0.0930. The zero-order chi connectivity index (χ0) is 61.3. The quantitative estimate of drug-likeness (QED) is 0.153. The summed E-state index contributed by atoms with van der Waals surface area (Å²) in [6.45, 7) is 13.9. The molecule has 0 spiro atoms. The molecule has 0 radical (unpaired) electrons. The van der Waals surface area contributed by atoms with E-state index in [0.29, 0.717) is 0 Å². The van der Waals surface area contributed by atoms with Crippen LogP contribution in [0.1, 0.15) is 52.7 Å². The normalized spacial score (nSPS) is 12.7. The summed E-state index contributed by atoms with van der Waals surface area (Å²) in [5.41, 5.74) is 28.9. The molecule has 2 aromatic heterocycles. The molecule has 5 heteroatoms. The number of benzene rings is 13. The third-order valence-electron chi connectivity index (χ3n) is 19.2. The molecule has 13 aromatic carbocycles. The summed E-state index contributed by atoms with van der Waals surface area (Å²) < 4.78 is 5.19. The topological polar surface area (TPSA) is 17.0 Å². The predicted molar refractivity (Wildman–Crippen MR) is 394 cm³/mol. The zero-order valence-electron chi connectivity index (χ0n) is 51.9. The second kappa shape index (κ2) is 21.4. The van der Waals surface area contributed by atoms with Crippen molar-refractivity contribution in [3.63, 3.8) is 0 Å². The lowest BCUT2D eigenvalue weighted by Gasteiger charge is -2.37. The van der Waals surface area contributed by atoms with Crippen LogP contribution in [0.5, 0.6) is 0 Å². The van der Waals surface area contributed by atoms with Crippen molar-refractivity contribution in [1.29, 1.82) is 0 Å². The fourth-order valence-corrected chi connectivity index (χ4v) is 17.1. The number of anilines is 2. The molecule has 2 aliphatic rings. The zero-order valence-corrected chi connectivity index (χ0v) is 53.5. The molecule has 17 rings (SSSR count). The number of aromatic nitrogens is 1. The third kappa shape index (κ3) is 9.31. The number of thiophene rings is 1. The second-order valence-corrected chi connectivity index (χ2v) is 29.0. The molecular formula is C86H65BN2S2. The van der Waals surface area contributed by atoms with Gasteiger partial charge >= 0.3 is 0 Å². The molecule has 2 aliphatic heterocycles. The van der Waals surface area contributed by atoms with Crippen LogP contribution in [0.15, 0.2) is 289 Å². The van der Waals surface area contributed by atoms with Gasteiger partial charge in [0.1, 0.15) is 0 Å². The van der Waals surface area contributed by atoms with Gasteiger partial charge in [-0.1, -0.05) is 259 Å². The molecule has 2 nitrogen and oxygen atoms in total. The first-order valence-electron chi connectivity index (χ1n) is 31.8. The van der Waals surface area contributed by atoms with Crippen molar-refractivity contribution in [2.75, 3.05) is 5.32 Å². The van der Waals surface area contributed by atoms with Crippen LogP contribution in [0.4, 0.5) is 11.4 Å². The first-order valence-corrected chi connectivity index (χ1v) is 33.5. The molecule has 0 saturated carbocycles. The highest BCUT2D eigenvalue weighted by Crippen LogP contribution is 2.52. The van der Waals surface area contributed by atoms with Crippen molar-refractivity contribution in [3.05, 3.63) is 290 Å². The Labute approximate surface area is 541 Å². The minimum absolute atomic E-state index is 0.0476. The molecule has 0 saturated heterocycles. The second-order valence-electron chi connectivity index (χ2n) is 26.8. The summed E-state index contributed by atoms with van der Waals surface area (Å²) in [4.78, 5) is 2.61. The third-order valence-corrected chi connectivity index (χ3v) is 21.5. The molecule has 0 unspecified atom stereocenters. The van der Waals surface area contributed by atoms with Crippen LogP contribution in [0.2, 0.25) is 0 Å². The van der Waals surface area contributed by atoms with Crippen molar-refractivity contribution in [2.24, 2.45) is 0 Å². The maximum absolute atomic E-state index is 4.40. The van der Waals surface area contributed by atoms with E-state index < -0.39 is 0 Å². The monoisotopic (exact) mass is 1200 g/mol. The van der Waals surface area contributed by atoms with E-state index in [1.165, 1.54) is 157 Å². The Morgan fingerprint density at radius 1 is 0.363 bits per heavy atom. The van der Waals surface area contributed by atoms with Gasteiger partial charge < -0.3 is 9.88 Å². The summed E-state index contributed by atoms with van der Waals surface area (Å²) in [5.74, 6) is 0. The van der Waals surface area contributed by atoms with Crippen LogP contribution >= 0.6 is 23.1 Å². The highest BCUT2D eigenvalue weighted by Gasteiger charge is 2.41. The summed E-state index contributed by atoms with van der Waals surface area (Å²) in [5, 5.41) is 9.55. The van der Waals surface area contributed by atoms with Gasteiger partial charge in [-0.05, 0) is 179 Å². The molecule has 15 aromatic rings. The Balaban J connectivity index is 0.966. The average Bonchev–Trinajstić information content (AvgIpc) is 1.68. The first-order chi connectivity index (χ1) is 44.4. The number of hydrogen-bond donors (Lipinski definition) is 1. The molecule has 434 valence electrons. The van der Waals surface area contributed by atoms with E-state index >= 15 is 0 Å². The van der Waals surface area contributed by atoms with Gasteiger partial charge in [-0.15, -0.1) is 11.3 Å². The van der Waals surface area contributed by atoms with Gasteiger partial charge in [0.15, 0.2) is 0 Å². The highest BCUT2D eigenvalue weighted by atomic mass is 32.2. The fourth-order valence-electron chi connectivity index (χ4n) is 14.6. The highest BCUT2D eigenvalue weighted by molar-refractivity contribution is 8.00. The molecule has 1 N–H and O–H groups in total. The standard InChI is InChI=1S/C86H65BN2S2/c1-85(2,3)63-36-40-73-67(51-63)68-52-64(86(4,5)6)37-41-74(68)89(73)75-42-38-70-83(81(75)79-65(56-29-18-10-19-30-56)33-22-34-66(79)57-31-20-11-21-32-57)88-72-49-62(55-27-16-9-17-28-55)50-78-82(72)87(70)71-39-44-77-80(84(71)91-78)69-48-58(35-43-76(69)90-77)61-46-59(53-23-12-7-13-24-53)45-60(47-61)54-25-14-8-15-26-54/h7-52,88H,1-6H3. The summed E-state index contributed by atoms with van der Waals surface area (Å²) in [6, 6.07) is 105. The summed E-state index contributed by atoms with van der Waals surface area (Å²) >= 11 is 3.86.